The van der Waals surface area contributed by atoms with Gasteiger partial charge in [0.05, 0.1) is 11.6 Å². The SMILES string of the molecule is COc1cc(C(=O)Nc2cccc(C)c2)cc(Br)c1OCc1ccc(C)cc1. The Morgan fingerprint density at radius 3 is 2.43 bits per heavy atom. The molecule has 1 amide bonds. The Morgan fingerprint density at radius 2 is 1.75 bits per heavy atom. The van der Waals surface area contributed by atoms with Gasteiger partial charge in [-0.2, -0.15) is 0 Å². The number of carbonyl (C=O) groups excluding carboxylic acids is 1. The van der Waals surface area contributed by atoms with Gasteiger partial charge in [-0.1, -0.05) is 42.0 Å². The molecule has 0 aliphatic heterocycles. The van der Waals surface area contributed by atoms with Gasteiger partial charge < -0.3 is 14.8 Å². The summed E-state index contributed by atoms with van der Waals surface area (Å²) in [6.07, 6.45) is 0. The van der Waals surface area contributed by atoms with Crippen LogP contribution < -0.4 is 14.8 Å². The molecule has 0 aromatic heterocycles. The lowest BCUT2D eigenvalue weighted by Crippen LogP contribution is -2.12. The molecule has 0 saturated carbocycles. The number of aryl methyl sites for hydroxylation is 2. The second kappa shape index (κ2) is 8.93. The summed E-state index contributed by atoms with van der Waals surface area (Å²) < 4.78 is 12.1. The molecule has 0 spiro atoms. The van der Waals surface area contributed by atoms with Crippen LogP contribution in [0.3, 0.4) is 0 Å². The number of hydrogen-bond donors (Lipinski definition) is 1. The third kappa shape index (κ3) is 4.93. The molecule has 1 N–H and O–H groups in total. The van der Waals surface area contributed by atoms with Crippen LogP contribution in [-0.4, -0.2) is 13.0 Å². The highest BCUT2D eigenvalue weighted by Gasteiger charge is 2.16. The van der Waals surface area contributed by atoms with E-state index in [2.05, 4.69) is 21.2 Å². The lowest BCUT2D eigenvalue weighted by atomic mass is 10.1. The minimum atomic E-state index is -0.213. The molecule has 5 heteroatoms. The number of rotatable bonds is 6. The lowest BCUT2D eigenvalue weighted by molar-refractivity contribution is 0.102. The molecule has 0 heterocycles. The van der Waals surface area contributed by atoms with Crippen molar-refractivity contribution < 1.29 is 14.3 Å². The summed E-state index contributed by atoms with van der Waals surface area (Å²) in [6, 6.07) is 19.2. The van der Waals surface area contributed by atoms with E-state index in [4.69, 9.17) is 9.47 Å². The summed E-state index contributed by atoms with van der Waals surface area (Å²) in [5, 5.41) is 2.90. The second-order valence-corrected chi connectivity index (χ2v) is 7.44. The largest absolute Gasteiger partial charge is 0.493 e. The normalized spacial score (nSPS) is 10.4. The molecule has 0 atom stereocenters. The molecule has 0 fully saturated rings. The lowest BCUT2D eigenvalue weighted by Gasteiger charge is -2.15. The molecule has 3 aromatic rings. The second-order valence-electron chi connectivity index (χ2n) is 6.59. The maximum Gasteiger partial charge on any atom is 0.255 e. The molecule has 28 heavy (non-hydrogen) atoms. The summed E-state index contributed by atoms with van der Waals surface area (Å²) in [5.41, 5.74) is 4.57. The Hall–Kier alpha value is -2.79. The van der Waals surface area contributed by atoms with Crippen LogP contribution in [0.25, 0.3) is 0 Å². The van der Waals surface area contributed by atoms with Crippen LogP contribution in [0.2, 0.25) is 0 Å². The first-order valence-electron chi connectivity index (χ1n) is 8.90. The number of nitrogens with one attached hydrogen (secondary N) is 1. The van der Waals surface area contributed by atoms with Crippen LogP contribution in [0.1, 0.15) is 27.0 Å². The van der Waals surface area contributed by atoms with Gasteiger partial charge in [-0.25, -0.2) is 0 Å². The van der Waals surface area contributed by atoms with Crippen LogP contribution in [-0.2, 0) is 6.61 Å². The van der Waals surface area contributed by atoms with Crippen molar-refractivity contribution in [1.82, 2.24) is 0 Å². The van der Waals surface area contributed by atoms with Crippen molar-refractivity contribution in [2.45, 2.75) is 20.5 Å². The van der Waals surface area contributed by atoms with E-state index in [-0.39, 0.29) is 5.91 Å². The van der Waals surface area contributed by atoms with E-state index in [1.54, 1.807) is 19.2 Å². The molecule has 3 rings (SSSR count). The summed E-state index contributed by atoms with van der Waals surface area (Å²) in [5.74, 6) is 0.848. The molecule has 0 aliphatic carbocycles. The van der Waals surface area contributed by atoms with Crippen LogP contribution in [0.5, 0.6) is 11.5 Å². The number of ether oxygens (including phenoxy) is 2. The van der Waals surface area contributed by atoms with Gasteiger partial charge in [0.1, 0.15) is 6.61 Å². The van der Waals surface area contributed by atoms with Crippen molar-refractivity contribution in [2.24, 2.45) is 0 Å². The quantitative estimate of drug-likeness (QED) is 0.519. The molecule has 4 nitrogen and oxygen atoms in total. The number of methoxy groups -OCH3 is 1. The van der Waals surface area contributed by atoms with Crippen molar-refractivity contribution in [2.75, 3.05) is 12.4 Å². The fourth-order valence-electron chi connectivity index (χ4n) is 2.76. The minimum absolute atomic E-state index is 0.213. The van der Waals surface area contributed by atoms with Gasteiger partial charge in [0.2, 0.25) is 0 Å². The molecule has 0 radical (unpaired) electrons. The Kier molecular flexibility index (Phi) is 6.37. The molecular formula is C23H22BrNO3. The maximum absolute atomic E-state index is 12.6. The summed E-state index contributed by atoms with van der Waals surface area (Å²) >= 11 is 3.50. The van der Waals surface area contributed by atoms with Crippen LogP contribution >= 0.6 is 15.9 Å². The first-order chi connectivity index (χ1) is 13.5. The van der Waals surface area contributed by atoms with E-state index in [9.17, 15) is 4.79 Å². The highest BCUT2D eigenvalue weighted by molar-refractivity contribution is 9.10. The minimum Gasteiger partial charge on any atom is -0.493 e. The number of halogens is 1. The maximum atomic E-state index is 12.6. The number of hydrogen-bond acceptors (Lipinski definition) is 3. The molecule has 0 aliphatic rings. The van der Waals surface area contributed by atoms with E-state index in [0.717, 1.165) is 16.8 Å². The topological polar surface area (TPSA) is 47.6 Å². The monoisotopic (exact) mass is 439 g/mol. The molecular weight excluding hydrogens is 418 g/mol. The summed E-state index contributed by atoms with van der Waals surface area (Å²) in [4.78, 5) is 12.6. The number of anilines is 1. The standard InChI is InChI=1S/C23H22BrNO3/c1-15-7-9-17(10-8-15)14-28-22-20(24)12-18(13-21(22)27-3)23(26)25-19-6-4-5-16(2)11-19/h4-13H,14H2,1-3H3,(H,25,26). The van der Waals surface area contributed by atoms with Crippen molar-refractivity contribution in [3.63, 3.8) is 0 Å². The van der Waals surface area contributed by atoms with Crippen LogP contribution in [0, 0.1) is 13.8 Å². The fraction of sp³-hybridized carbons (Fsp3) is 0.174. The Morgan fingerprint density at radius 1 is 1.00 bits per heavy atom. The highest BCUT2D eigenvalue weighted by Crippen LogP contribution is 2.37. The first-order valence-corrected chi connectivity index (χ1v) is 9.69. The number of benzene rings is 3. The zero-order chi connectivity index (χ0) is 20.1. The zero-order valence-electron chi connectivity index (χ0n) is 16.1. The first kappa shape index (κ1) is 20.0. The molecule has 0 bridgehead atoms. The summed E-state index contributed by atoms with van der Waals surface area (Å²) in [7, 11) is 1.56. The van der Waals surface area contributed by atoms with E-state index < -0.39 is 0 Å². The van der Waals surface area contributed by atoms with E-state index in [1.165, 1.54) is 5.56 Å². The Bertz CT molecular complexity index is 984. The Labute approximate surface area is 173 Å². The van der Waals surface area contributed by atoms with Gasteiger partial charge in [-0.05, 0) is 65.2 Å². The van der Waals surface area contributed by atoms with Gasteiger partial charge in [0.25, 0.3) is 5.91 Å². The van der Waals surface area contributed by atoms with E-state index in [1.807, 2.05) is 62.4 Å². The van der Waals surface area contributed by atoms with Crippen molar-refractivity contribution in [3.05, 3.63) is 87.4 Å². The predicted octanol–water partition coefficient (Wildman–Crippen LogP) is 5.91. The molecule has 0 saturated heterocycles. The van der Waals surface area contributed by atoms with Gasteiger partial charge >= 0.3 is 0 Å². The average molecular weight is 440 g/mol. The smallest absolute Gasteiger partial charge is 0.255 e. The molecule has 144 valence electrons. The number of carbonyl (C=O) groups is 1. The third-order valence-electron chi connectivity index (χ3n) is 4.27. The van der Waals surface area contributed by atoms with E-state index >= 15 is 0 Å². The average Bonchev–Trinajstić information content (AvgIpc) is 2.67. The van der Waals surface area contributed by atoms with Gasteiger partial charge in [-0.3, -0.25) is 4.79 Å². The highest BCUT2D eigenvalue weighted by atomic mass is 79.9. The third-order valence-corrected chi connectivity index (χ3v) is 4.86. The van der Waals surface area contributed by atoms with Crippen LogP contribution in [0.15, 0.2) is 65.1 Å². The van der Waals surface area contributed by atoms with Crippen molar-refractivity contribution >= 4 is 27.5 Å². The number of amides is 1. The zero-order valence-corrected chi connectivity index (χ0v) is 17.7. The Balaban J connectivity index is 1.78. The van der Waals surface area contributed by atoms with Gasteiger partial charge in [0, 0.05) is 11.3 Å². The van der Waals surface area contributed by atoms with Crippen LogP contribution in [0.4, 0.5) is 5.69 Å². The molecule has 3 aromatic carbocycles. The van der Waals surface area contributed by atoms with Gasteiger partial charge in [0.15, 0.2) is 11.5 Å². The van der Waals surface area contributed by atoms with Crippen molar-refractivity contribution in [3.8, 4) is 11.5 Å². The fourth-order valence-corrected chi connectivity index (χ4v) is 3.31. The van der Waals surface area contributed by atoms with Crippen molar-refractivity contribution in [1.29, 1.82) is 0 Å². The predicted molar refractivity (Wildman–Crippen MR) is 115 cm³/mol. The van der Waals surface area contributed by atoms with Gasteiger partial charge in [-0.15, -0.1) is 0 Å². The van der Waals surface area contributed by atoms with E-state index in [0.29, 0.717) is 28.1 Å². The summed E-state index contributed by atoms with van der Waals surface area (Å²) in [6.45, 7) is 4.43. The molecule has 0 unspecified atom stereocenters.